The van der Waals surface area contributed by atoms with Crippen molar-refractivity contribution in [3.05, 3.63) is 0 Å². The molecular weight excluding hydrogens is 529 g/mol. The molecule has 0 saturated heterocycles. The van der Waals surface area contributed by atoms with Crippen LogP contribution in [0.1, 0.15) is 98.8 Å². The molecule has 2 aliphatic heterocycles. The predicted molar refractivity (Wildman–Crippen MR) is 133 cm³/mol. The Bertz CT molecular complexity index is 979. The van der Waals surface area contributed by atoms with Crippen LogP contribution in [0.4, 0.5) is 0 Å². The number of esters is 1. The van der Waals surface area contributed by atoms with Gasteiger partial charge in [-0.1, -0.05) is 27.7 Å². The van der Waals surface area contributed by atoms with E-state index in [1.54, 1.807) is 0 Å². The molecule has 0 aromatic carbocycles. The van der Waals surface area contributed by atoms with Gasteiger partial charge in [-0.15, -0.1) is 21.8 Å². The first-order chi connectivity index (χ1) is 17.6. The number of hydrogen-bond acceptors (Lipinski definition) is 6. The van der Waals surface area contributed by atoms with Crippen LogP contribution in [0.15, 0.2) is 0 Å². The van der Waals surface area contributed by atoms with Crippen molar-refractivity contribution >= 4 is 23.3 Å². The lowest BCUT2D eigenvalue weighted by atomic mass is 9.44. The molecule has 7 nitrogen and oxygen atoms in total. The molecule has 0 aromatic rings. The summed E-state index contributed by atoms with van der Waals surface area (Å²) in [5.41, 5.74) is 2.48. The third-order valence-corrected chi connectivity index (χ3v) is 13.1. The van der Waals surface area contributed by atoms with Crippen LogP contribution < -0.4 is 18.6 Å². The van der Waals surface area contributed by atoms with E-state index in [0.717, 1.165) is 67.2 Å². The third-order valence-electron chi connectivity index (χ3n) is 12.4. The molecule has 9 heteroatoms. The molecule has 4 saturated carbocycles. The highest BCUT2D eigenvalue weighted by molar-refractivity contribution is 6.24. The Balaban J connectivity index is 0.000000540. The number of carbonyl (C=O) groups excluding carboxylic acids is 1. The molecule has 0 amide bonds. The van der Waals surface area contributed by atoms with Gasteiger partial charge >= 0.3 is 5.97 Å². The van der Waals surface area contributed by atoms with Gasteiger partial charge in [0.2, 0.25) is 0 Å². The van der Waals surface area contributed by atoms with E-state index in [4.69, 9.17) is 35.0 Å². The summed E-state index contributed by atoms with van der Waals surface area (Å²) in [5.74, 6) is 4.75. The Morgan fingerprint density at radius 3 is 2.37 bits per heavy atom. The van der Waals surface area contributed by atoms with Crippen molar-refractivity contribution in [2.75, 3.05) is 6.54 Å². The molecule has 0 radical (unpaired) electrons. The summed E-state index contributed by atoms with van der Waals surface area (Å²) in [5, 5.41) is 0. The maximum atomic E-state index is 11.6. The van der Waals surface area contributed by atoms with E-state index in [1.165, 1.54) is 52.0 Å². The van der Waals surface area contributed by atoms with Crippen molar-refractivity contribution in [3.63, 3.8) is 0 Å². The molecule has 11 atom stereocenters. The minimum Gasteiger partial charge on any atom is -0.462 e. The third kappa shape index (κ3) is 4.75. The molecule has 38 heavy (non-hydrogen) atoms. The monoisotopic (exact) mass is 573 g/mol. The van der Waals surface area contributed by atoms with E-state index >= 15 is 0 Å². The lowest BCUT2D eigenvalue weighted by Crippen LogP contribution is -2.68. The lowest BCUT2D eigenvalue weighted by molar-refractivity contribution is -2.00. The van der Waals surface area contributed by atoms with Crippen molar-refractivity contribution in [1.29, 1.82) is 0 Å². The first kappa shape index (κ1) is 29.1. The maximum absolute atomic E-state index is 11.6. The van der Waals surface area contributed by atoms with Crippen LogP contribution >= 0.6 is 11.6 Å². The van der Waals surface area contributed by atoms with Gasteiger partial charge in [-0.05, 0) is 73.5 Å². The number of fused-ring (bicyclic) bond motifs is 8. The van der Waals surface area contributed by atoms with Gasteiger partial charge in [0.25, 0.3) is 0 Å². The highest BCUT2D eigenvalue weighted by Gasteiger charge is 2.70. The van der Waals surface area contributed by atoms with Gasteiger partial charge in [-0.2, -0.15) is 0 Å². The van der Waals surface area contributed by atoms with Gasteiger partial charge in [-0.3, -0.25) is 4.79 Å². The fourth-order valence-corrected chi connectivity index (χ4v) is 11.4. The van der Waals surface area contributed by atoms with Crippen molar-refractivity contribution in [1.82, 2.24) is 0 Å². The number of carbonyl (C=O) groups is 1. The van der Waals surface area contributed by atoms with Crippen LogP contribution in [0.3, 0.4) is 0 Å². The van der Waals surface area contributed by atoms with Gasteiger partial charge in [0.1, 0.15) is 12.6 Å². The van der Waals surface area contributed by atoms with Crippen molar-refractivity contribution in [2.45, 2.75) is 116 Å². The quantitative estimate of drug-likeness (QED) is 0.267. The SMILES string of the molecule is CC(=O)O[C@H]1CC[C@]2(C)[C@H]3CC[C@]4(C)C5C(C[C@H]4[C@@H]3CC[C@@]2(Cl)C1)[N+]1=C(CC[C@H](C)C1)[C@H]5C.[O-][Cl+3]([O-])([O-])[O-]. The van der Waals surface area contributed by atoms with Gasteiger partial charge in [0, 0.05) is 43.9 Å². The van der Waals surface area contributed by atoms with E-state index in [9.17, 15) is 4.79 Å². The smallest absolute Gasteiger partial charge is 0.302 e. The molecule has 0 bridgehead atoms. The maximum Gasteiger partial charge on any atom is 0.302 e. The van der Waals surface area contributed by atoms with Crippen LogP contribution in [0.5, 0.6) is 0 Å². The van der Waals surface area contributed by atoms with E-state index < -0.39 is 10.2 Å². The van der Waals surface area contributed by atoms with Gasteiger partial charge in [0.15, 0.2) is 11.8 Å². The number of hydrogen-bond donors (Lipinski definition) is 0. The Hall–Kier alpha value is -0.440. The zero-order valence-corrected chi connectivity index (χ0v) is 25.1. The highest BCUT2D eigenvalue weighted by Crippen LogP contribution is 2.71. The normalized spacial score (nSPS) is 49.5. The van der Waals surface area contributed by atoms with Crippen LogP contribution in [0.25, 0.3) is 0 Å². The molecule has 0 N–H and O–H groups in total. The number of ether oxygens (including phenoxy) is 1. The van der Waals surface area contributed by atoms with E-state index in [-0.39, 0.29) is 22.4 Å². The molecule has 4 fully saturated rings. The van der Waals surface area contributed by atoms with Crippen LogP contribution in [0.2, 0.25) is 0 Å². The summed E-state index contributed by atoms with van der Waals surface area (Å²) >= 11 is 7.52. The van der Waals surface area contributed by atoms with Crippen molar-refractivity contribution in [2.24, 2.45) is 46.3 Å². The van der Waals surface area contributed by atoms with E-state index in [0.29, 0.717) is 5.41 Å². The molecule has 0 aromatic heterocycles. The fraction of sp³-hybridized carbons (Fsp3) is 0.931. The first-order valence-electron chi connectivity index (χ1n) is 14.7. The van der Waals surface area contributed by atoms with Crippen molar-refractivity contribution < 1.29 is 43.0 Å². The average Bonchev–Trinajstić information content (AvgIpc) is 3.25. The lowest BCUT2D eigenvalue weighted by Gasteiger charge is -2.63. The second kappa shape index (κ2) is 9.84. The van der Waals surface area contributed by atoms with Gasteiger partial charge in [0.05, 0.1) is 4.87 Å². The van der Waals surface area contributed by atoms with Crippen LogP contribution in [-0.2, 0) is 9.53 Å². The average molecular weight is 575 g/mol. The topological polar surface area (TPSA) is 122 Å². The number of halogens is 2. The second-order valence-corrected chi connectivity index (χ2v) is 15.6. The molecular formula is C29H45Cl2NO6. The number of nitrogens with zero attached hydrogens (tertiary/aromatic N) is 1. The summed E-state index contributed by atoms with van der Waals surface area (Å²) in [7, 11) is -4.94. The minimum absolute atomic E-state index is 0.0141. The van der Waals surface area contributed by atoms with E-state index in [2.05, 4.69) is 32.3 Å². The predicted octanol–water partition coefficient (Wildman–Crippen LogP) is 1.69. The Morgan fingerprint density at radius 1 is 1.03 bits per heavy atom. The number of alkyl halides is 1. The second-order valence-electron chi connectivity index (χ2n) is 14.1. The molecule has 2 unspecified atom stereocenters. The summed E-state index contributed by atoms with van der Waals surface area (Å²) < 4.78 is 42.6. The largest absolute Gasteiger partial charge is 0.462 e. The summed E-state index contributed by atoms with van der Waals surface area (Å²) in [6.07, 6.45) is 12.2. The molecule has 2 heterocycles. The molecule has 6 aliphatic rings. The fourth-order valence-electron chi connectivity index (χ4n) is 10.9. The van der Waals surface area contributed by atoms with Gasteiger partial charge in [-0.25, -0.2) is 23.2 Å². The van der Waals surface area contributed by atoms with E-state index in [1.807, 2.05) is 5.71 Å². The van der Waals surface area contributed by atoms with Crippen LogP contribution in [-0.4, -0.2) is 39.8 Å². The zero-order chi connectivity index (χ0) is 27.8. The minimum atomic E-state index is -4.94. The van der Waals surface area contributed by atoms with Crippen LogP contribution in [0, 0.1) is 56.6 Å². The molecule has 216 valence electrons. The first-order valence-corrected chi connectivity index (χ1v) is 16.3. The van der Waals surface area contributed by atoms with Crippen molar-refractivity contribution in [3.8, 4) is 0 Å². The molecule has 6 rings (SSSR count). The Labute approximate surface area is 234 Å². The zero-order valence-electron chi connectivity index (χ0n) is 23.5. The Morgan fingerprint density at radius 2 is 1.71 bits per heavy atom. The molecule has 0 spiro atoms. The highest BCUT2D eigenvalue weighted by atomic mass is 35.7. The molecule has 4 aliphatic carbocycles. The standard InChI is InChI=1S/C29H45ClNO2.ClHO4/c1-17-6-7-24-18(2)26-25(31(24)16-17)14-23-21-9-13-29(30)15-20(33-19(3)32)8-12-28(29,5)22(21)10-11-27(23,26)4;2-1(3,4)5/h17-18,20-23,25-26H,6-16H2,1-5H3;(H,2,3,4,5)/q+1;/p-1/t17-,18+,20-,21+,22-,23-,25?,26?,27-,28+,29+;/m0./s1. The number of rotatable bonds is 1. The van der Waals surface area contributed by atoms with Gasteiger partial charge < -0.3 is 4.74 Å². The Kier molecular flexibility index (Phi) is 7.52. The summed E-state index contributed by atoms with van der Waals surface area (Å²) in [6.45, 7) is 13.1. The summed E-state index contributed by atoms with van der Waals surface area (Å²) in [6, 6.07) is 0.793. The summed E-state index contributed by atoms with van der Waals surface area (Å²) in [4.78, 5) is 11.4.